The Hall–Kier alpha value is -2.19. The molecular formula is C12H8N2O4S2. The number of carbonyl (C=O) groups is 1. The molecule has 0 amide bonds. The fourth-order valence-electron chi connectivity index (χ4n) is 1.38. The Morgan fingerprint density at radius 2 is 2.05 bits per heavy atom. The van der Waals surface area contributed by atoms with Crippen LogP contribution in [0, 0.1) is 14.8 Å². The molecule has 0 spiro atoms. The summed E-state index contributed by atoms with van der Waals surface area (Å²) in [6.07, 6.45) is 1.58. The third-order valence-corrected chi connectivity index (χ3v) is 3.22. The first kappa shape index (κ1) is 14.2. The number of hydrogen-bond acceptors (Lipinski definition) is 6. The van der Waals surface area contributed by atoms with Crippen LogP contribution in [0.4, 0.5) is 5.69 Å². The highest BCUT2D eigenvalue weighted by Gasteiger charge is 2.20. The van der Waals surface area contributed by atoms with Gasteiger partial charge in [-0.15, -0.1) is 0 Å². The van der Waals surface area contributed by atoms with E-state index in [1.165, 1.54) is 24.3 Å². The number of hydrogen-bond donors (Lipinski definition) is 1. The van der Waals surface area contributed by atoms with Crippen LogP contribution >= 0.6 is 24.3 Å². The Kier molecular flexibility index (Phi) is 4.49. The summed E-state index contributed by atoms with van der Waals surface area (Å²) in [5, 5.41) is 10.8. The SMILES string of the molecule is O=C(OSc1ccc(=S)[nH]c1)c1ccccc1[N+](=O)[O-]. The molecule has 0 aliphatic rings. The maximum absolute atomic E-state index is 11.8. The van der Waals surface area contributed by atoms with Gasteiger partial charge in [0.15, 0.2) is 0 Å². The number of aromatic nitrogens is 1. The zero-order chi connectivity index (χ0) is 14.5. The Morgan fingerprint density at radius 1 is 1.30 bits per heavy atom. The van der Waals surface area contributed by atoms with E-state index in [0.29, 0.717) is 9.54 Å². The van der Waals surface area contributed by atoms with Gasteiger partial charge in [0.05, 0.1) is 21.9 Å². The standard InChI is InChI=1S/C12H8N2O4S2/c15-12(9-3-1-2-4-10(9)14(16)17)18-20-8-5-6-11(19)13-7-8/h1-7H,(H,13,19). The average molecular weight is 308 g/mol. The second-order valence-electron chi connectivity index (χ2n) is 3.62. The van der Waals surface area contributed by atoms with Gasteiger partial charge in [-0.25, -0.2) is 4.79 Å². The van der Waals surface area contributed by atoms with Crippen LogP contribution in [0.15, 0.2) is 47.5 Å². The second kappa shape index (κ2) is 6.31. The third-order valence-electron chi connectivity index (χ3n) is 2.29. The fraction of sp³-hybridized carbons (Fsp3) is 0. The summed E-state index contributed by atoms with van der Waals surface area (Å²) in [5.41, 5.74) is -0.376. The van der Waals surface area contributed by atoms with Crippen LogP contribution < -0.4 is 0 Å². The van der Waals surface area contributed by atoms with Crippen LogP contribution in [-0.4, -0.2) is 15.9 Å². The van der Waals surface area contributed by atoms with Crippen LogP contribution in [-0.2, 0) is 4.18 Å². The summed E-state index contributed by atoms with van der Waals surface area (Å²) in [6, 6.07) is 8.94. The fourth-order valence-corrected chi connectivity index (χ4v) is 2.00. The van der Waals surface area contributed by atoms with Crippen molar-refractivity contribution in [2.75, 3.05) is 0 Å². The molecule has 0 radical (unpaired) electrons. The quantitative estimate of drug-likeness (QED) is 0.402. The number of benzene rings is 1. The van der Waals surface area contributed by atoms with E-state index in [9.17, 15) is 14.9 Å². The summed E-state index contributed by atoms with van der Waals surface area (Å²) in [4.78, 5) is 25.4. The number of para-hydroxylation sites is 1. The lowest BCUT2D eigenvalue weighted by Crippen LogP contribution is -2.04. The molecule has 1 heterocycles. The highest BCUT2D eigenvalue weighted by Crippen LogP contribution is 2.24. The molecule has 2 aromatic rings. The topological polar surface area (TPSA) is 85.2 Å². The van der Waals surface area contributed by atoms with Crippen LogP contribution in [0.5, 0.6) is 0 Å². The monoisotopic (exact) mass is 308 g/mol. The predicted octanol–water partition coefficient (Wildman–Crippen LogP) is 3.52. The van der Waals surface area contributed by atoms with E-state index in [0.717, 1.165) is 12.0 Å². The molecular weight excluding hydrogens is 300 g/mol. The molecule has 2 rings (SSSR count). The van der Waals surface area contributed by atoms with E-state index < -0.39 is 10.9 Å². The van der Waals surface area contributed by atoms with Crippen molar-refractivity contribution in [1.82, 2.24) is 4.98 Å². The Balaban J connectivity index is 2.11. The average Bonchev–Trinajstić information content (AvgIpc) is 2.46. The zero-order valence-corrected chi connectivity index (χ0v) is 11.6. The predicted molar refractivity (Wildman–Crippen MR) is 76.0 cm³/mol. The first-order chi connectivity index (χ1) is 9.58. The van der Waals surface area contributed by atoms with Crippen molar-refractivity contribution in [3.63, 3.8) is 0 Å². The van der Waals surface area contributed by atoms with Gasteiger partial charge in [-0.2, -0.15) is 0 Å². The first-order valence-corrected chi connectivity index (χ1v) is 6.54. The molecule has 0 saturated carbocycles. The Morgan fingerprint density at radius 3 is 2.70 bits per heavy atom. The number of carbonyl (C=O) groups excluding carboxylic acids is 1. The third kappa shape index (κ3) is 3.43. The number of pyridine rings is 1. The molecule has 20 heavy (non-hydrogen) atoms. The van der Waals surface area contributed by atoms with Crippen molar-refractivity contribution < 1.29 is 13.9 Å². The van der Waals surface area contributed by atoms with E-state index in [4.69, 9.17) is 16.4 Å². The molecule has 0 saturated heterocycles. The lowest BCUT2D eigenvalue weighted by Gasteiger charge is -2.03. The first-order valence-electron chi connectivity index (χ1n) is 5.39. The molecule has 0 unspecified atom stereocenters. The highest BCUT2D eigenvalue weighted by atomic mass is 32.2. The molecule has 8 heteroatoms. The van der Waals surface area contributed by atoms with Crippen LogP contribution in [0.3, 0.4) is 0 Å². The minimum atomic E-state index is -0.773. The van der Waals surface area contributed by atoms with Crippen molar-refractivity contribution in [1.29, 1.82) is 0 Å². The van der Waals surface area contributed by atoms with Gasteiger partial charge in [0.2, 0.25) is 0 Å². The van der Waals surface area contributed by atoms with Gasteiger partial charge in [0.25, 0.3) is 5.69 Å². The van der Waals surface area contributed by atoms with E-state index in [-0.39, 0.29) is 11.3 Å². The maximum Gasteiger partial charge on any atom is 0.357 e. The van der Waals surface area contributed by atoms with Crippen molar-refractivity contribution in [3.8, 4) is 0 Å². The molecule has 0 aliphatic carbocycles. The molecule has 0 bridgehead atoms. The van der Waals surface area contributed by atoms with Crippen molar-refractivity contribution in [3.05, 3.63) is 62.9 Å². The maximum atomic E-state index is 11.8. The smallest absolute Gasteiger partial charge is 0.357 e. The number of nitro benzene ring substituents is 1. The summed E-state index contributed by atoms with van der Waals surface area (Å²) < 4.78 is 5.52. The van der Waals surface area contributed by atoms with Gasteiger partial charge in [-0.1, -0.05) is 24.4 Å². The minimum Gasteiger partial charge on any atom is -0.382 e. The van der Waals surface area contributed by atoms with Crippen LogP contribution in [0.2, 0.25) is 0 Å². The molecule has 1 aromatic carbocycles. The normalized spacial score (nSPS) is 10.0. The zero-order valence-electron chi connectivity index (χ0n) is 9.94. The van der Waals surface area contributed by atoms with Crippen molar-refractivity contribution in [2.45, 2.75) is 4.90 Å². The Labute approximate surface area is 123 Å². The van der Waals surface area contributed by atoms with E-state index in [1.54, 1.807) is 18.3 Å². The second-order valence-corrected chi connectivity index (χ2v) is 4.86. The minimum absolute atomic E-state index is 0.0890. The number of nitrogens with one attached hydrogen (secondary N) is 1. The molecule has 0 atom stereocenters. The van der Waals surface area contributed by atoms with Crippen LogP contribution in [0.25, 0.3) is 0 Å². The molecule has 1 aromatic heterocycles. The molecule has 0 fully saturated rings. The number of aromatic amines is 1. The van der Waals surface area contributed by atoms with Gasteiger partial charge < -0.3 is 9.17 Å². The van der Waals surface area contributed by atoms with Gasteiger partial charge in [0.1, 0.15) is 10.2 Å². The lowest BCUT2D eigenvalue weighted by atomic mass is 10.2. The van der Waals surface area contributed by atoms with E-state index in [2.05, 4.69) is 4.98 Å². The summed E-state index contributed by atoms with van der Waals surface area (Å²) in [6.45, 7) is 0. The number of rotatable bonds is 4. The summed E-state index contributed by atoms with van der Waals surface area (Å²) in [7, 11) is 0. The highest BCUT2D eigenvalue weighted by molar-refractivity contribution is 7.95. The summed E-state index contributed by atoms with van der Waals surface area (Å²) >= 11 is 5.68. The van der Waals surface area contributed by atoms with E-state index in [1.807, 2.05) is 0 Å². The molecule has 1 N–H and O–H groups in total. The van der Waals surface area contributed by atoms with Gasteiger partial charge in [-0.05, 0) is 18.2 Å². The molecule has 102 valence electrons. The number of nitro groups is 1. The van der Waals surface area contributed by atoms with Crippen molar-refractivity contribution >= 4 is 35.9 Å². The number of H-pyrrole nitrogens is 1. The van der Waals surface area contributed by atoms with Crippen LogP contribution in [0.1, 0.15) is 10.4 Å². The van der Waals surface area contributed by atoms with Crippen molar-refractivity contribution in [2.24, 2.45) is 0 Å². The van der Waals surface area contributed by atoms with Gasteiger partial charge >= 0.3 is 5.97 Å². The lowest BCUT2D eigenvalue weighted by molar-refractivity contribution is -0.385. The van der Waals surface area contributed by atoms with Gasteiger partial charge in [0, 0.05) is 12.3 Å². The van der Waals surface area contributed by atoms with E-state index >= 15 is 0 Å². The molecule has 0 aliphatic heterocycles. The van der Waals surface area contributed by atoms with Gasteiger partial charge in [-0.3, -0.25) is 10.1 Å². The molecule has 6 nitrogen and oxygen atoms in total. The summed E-state index contributed by atoms with van der Waals surface area (Å²) in [5.74, 6) is -0.773. The Bertz CT molecular complexity index is 694. The number of nitrogens with zero attached hydrogens (tertiary/aromatic N) is 1. The largest absolute Gasteiger partial charge is 0.382 e.